The first-order valence-electron chi connectivity index (χ1n) is 9.37. The molecule has 0 atom stereocenters. The Morgan fingerprint density at radius 1 is 0.483 bits per heavy atom. The number of rotatable bonds is 4. The third kappa shape index (κ3) is 3.06. The quantitative estimate of drug-likeness (QED) is 0.331. The highest BCUT2D eigenvalue weighted by Gasteiger charge is 2.22. The van der Waals surface area contributed by atoms with Crippen molar-refractivity contribution in [1.82, 2.24) is 0 Å². The molecule has 29 heavy (non-hydrogen) atoms. The fourth-order valence-corrected chi connectivity index (χ4v) is 4.59. The largest absolute Gasteiger partial charge is 0.288 e. The summed E-state index contributed by atoms with van der Waals surface area (Å²) in [4.78, 5) is 27.4. The molecule has 1 heterocycles. The highest BCUT2D eigenvalue weighted by Crippen LogP contribution is 2.33. The van der Waals surface area contributed by atoms with Crippen LogP contribution < -0.4 is 0 Å². The van der Waals surface area contributed by atoms with Crippen molar-refractivity contribution in [2.45, 2.75) is 0 Å². The van der Waals surface area contributed by atoms with Crippen LogP contribution in [0, 0.1) is 0 Å². The van der Waals surface area contributed by atoms with E-state index in [0.29, 0.717) is 20.9 Å². The minimum atomic E-state index is -0.0472. The van der Waals surface area contributed by atoms with E-state index in [1.807, 2.05) is 84.9 Å². The van der Waals surface area contributed by atoms with E-state index in [9.17, 15) is 9.59 Å². The van der Waals surface area contributed by atoms with Crippen molar-refractivity contribution in [2.75, 3.05) is 0 Å². The smallest absolute Gasteiger partial charge is 0.203 e. The fourth-order valence-electron chi connectivity index (χ4n) is 3.67. The maximum absolute atomic E-state index is 13.1. The van der Waals surface area contributed by atoms with Gasteiger partial charge < -0.3 is 0 Å². The minimum absolute atomic E-state index is 0.0472. The number of thiophene rings is 1. The summed E-state index contributed by atoms with van der Waals surface area (Å²) in [7, 11) is 0. The summed E-state index contributed by atoms with van der Waals surface area (Å²) in [6, 6.07) is 30.7. The van der Waals surface area contributed by atoms with Gasteiger partial charge >= 0.3 is 0 Å². The molecule has 4 aliphatic carbocycles. The van der Waals surface area contributed by atoms with Gasteiger partial charge in [0.05, 0.1) is 9.75 Å². The van der Waals surface area contributed by atoms with Crippen LogP contribution >= 0.6 is 11.3 Å². The summed E-state index contributed by atoms with van der Waals surface area (Å²) in [6.07, 6.45) is 0. The van der Waals surface area contributed by atoms with Crippen LogP contribution in [0.5, 0.6) is 0 Å². The standard InChI is InChI=1S/C26H16O2S/c27-25(21-13-11-17-7-3-1-5-9-19(17)21)23-15-16-24(29-23)26(28)22-14-12-18-8-4-2-6-10-20(18)22/h1-16H. The minimum Gasteiger partial charge on any atom is -0.288 e. The van der Waals surface area contributed by atoms with E-state index in [2.05, 4.69) is 0 Å². The van der Waals surface area contributed by atoms with Crippen molar-refractivity contribution >= 4 is 22.9 Å². The van der Waals surface area contributed by atoms with Gasteiger partial charge in [-0.25, -0.2) is 0 Å². The van der Waals surface area contributed by atoms with Crippen LogP contribution in [0.3, 0.4) is 0 Å². The molecule has 0 aliphatic heterocycles. The van der Waals surface area contributed by atoms with Crippen LogP contribution in [-0.2, 0) is 0 Å². The van der Waals surface area contributed by atoms with Gasteiger partial charge in [-0.2, -0.15) is 0 Å². The SMILES string of the molecule is O=C(c1ccc(C(=O)c2ccc3cccccc2-3)s1)c1ccc2cccccc1-2. The van der Waals surface area contributed by atoms with E-state index in [0.717, 1.165) is 22.3 Å². The molecule has 0 amide bonds. The van der Waals surface area contributed by atoms with Gasteiger partial charge in [0, 0.05) is 11.1 Å². The van der Waals surface area contributed by atoms with E-state index in [1.165, 1.54) is 11.3 Å². The zero-order valence-electron chi connectivity index (χ0n) is 15.5. The summed E-state index contributed by atoms with van der Waals surface area (Å²) in [5.41, 5.74) is 5.25. The number of ketones is 2. The number of hydrogen-bond acceptors (Lipinski definition) is 3. The Bertz CT molecular complexity index is 1200. The van der Waals surface area contributed by atoms with Gasteiger partial charge in [-0.05, 0) is 46.5 Å². The molecular formula is C26H16O2S. The molecule has 0 radical (unpaired) electrons. The van der Waals surface area contributed by atoms with Crippen molar-refractivity contribution in [3.05, 3.63) is 118 Å². The molecule has 0 spiro atoms. The number of hydrogen-bond donors (Lipinski definition) is 0. The molecule has 0 fully saturated rings. The van der Waals surface area contributed by atoms with E-state index < -0.39 is 0 Å². The van der Waals surface area contributed by atoms with Gasteiger partial charge in [0.15, 0.2) is 0 Å². The first-order valence-corrected chi connectivity index (χ1v) is 10.2. The average Bonchev–Trinajstić information content (AvgIpc) is 3.39. The van der Waals surface area contributed by atoms with E-state index in [-0.39, 0.29) is 11.6 Å². The molecule has 0 unspecified atom stereocenters. The molecule has 138 valence electrons. The van der Waals surface area contributed by atoms with Crippen LogP contribution in [0.15, 0.2) is 97.1 Å². The van der Waals surface area contributed by atoms with Crippen molar-refractivity contribution in [3.63, 3.8) is 0 Å². The molecule has 0 saturated heterocycles. The summed E-state index contributed by atoms with van der Waals surface area (Å²) >= 11 is 1.26. The predicted octanol–water partition coefficient (Wildman–Crippen LogP) is 6.42. The number of carbonyl (C=O) groups is 2. The monoisotopic (exact) mass is 392 g/mol. The molecular weight excluding hydrogens is 376 g/mol. The second kappa shape index (κ2) is 7.12. The van der Waals surface area contributed by atoms with Crippen LogP contribution in [0.2, 0.25) is 0 Å². The van der Waals surface area contributed by atoms with Crippen LogP contribution in [0.4, 0.5) is 0 Å². The maximum Gasteiger partial charge on any atom is 0.203 e. The van der Waals surface area contributed by atoms with Crippen molar-refractivity contribution in [1.29, 1.82) is 0 Å². The molecule has 1 aromatic heterocycles. The van der Waals surface area contributed by atoms with E-state index >= 15 is 0 Å². The Morgan fingerprint density at radius 3 is 1.41 bits per heavy atom. The van der Waals surface area contributed by atoms with Crippen molar-refractivity contribution in [3.8, 4) is 22.3 Å². The average molecular weight is 392 g/mol. The van der Waals surface area contributed by atoms with Crippen LogP contribution in [-0.4, -0.2) is 11.6 Å². The Balaban J connectivity index is 1.48. The molecule has 0 bridgehead atoms. The van der Waals surface area contributed by atoms with Gasteiger partial charge in [0.1, 0.15) is 0 Å². The van der Waals surface area contributed by atoms with Gasteiger partial charge in [-0.1, -0.05) is 72.8 Å². The fraction of sp³-hybridized carbons (Fsp3) is 0. The lowest BCUT2D eigenvalue weighted by Crippen LogP contribution is -1.99. The van der Waals surface area contributed by atoms with Crippen molar-refractivity contribution in [2.24, 2.45) is 0 Å². The molecule has 4 aliphatic rings. The Hall–Kier alpha value is -3.56. The lowest BCUT2D eigenvalue weighted by Gasteiger charge is -2.00. The maximum atomic E-state index is 13.1. The normalized spacial score (nSPS) is 11.0. The van der Waals surface area contributed by atoms with E-state index in [4.69, 9.17) is 0 Å². The first-order chi connectivity index (χ1) is 14.2. The molecule has 1 aromatic rings. The molecule has 0 aromatic carbocycles. The second-order valence-corrected chi connectivity index (χ2v) is 7.96. The number of fused-ring (bicyclic) bond motifs is 2. The highest BCUT2D eigenvalue weighted by atomic mass is 32.1. The molecule has 2 nitrogen and oxygen atoms in total. The van der Waals surface area contributed by atoms with Gasteiger partial charge in [-0.3, -0.25) is 9.59 Å². The number of carbonyl (C=O) groups excluding carboxylic acids is 2. The second-order valence-electron chi connectivity index (χ2n) is 6.88. The predicted molar refractivity (Wildman–Crippen MR) is 117 cm³/mol. The summed E-state index contributed by atoms with van der Waals surface area (Å²) < 4.78 is 0. The van der Waals surface area contributed by atoms with Gasteiger partial charge in [0.2, 0.25) is 11.6 Å². The lowest BCUT2D eigenvalue weighted by atomic mass is 10.0. The van der Waals surface area contributed by atoms with Crippen LogP contribution in [0.25, 0.3) is 22.3 Å². The zero-order chi connectivity index (χ0) is 19.8. The molecule has 5 rings (SSSR count). The molecule has 3 heteroatoms. The highest BCUT2D eigenvalue weighted by molar-refractivity contribution is 7.16. The topological polar surface area (TPSA) is 34.1 Å². The third-order valence-corrected chi connectivity index (χ3v) is 6.21. The molecule has 0 saturated carbocycles. The summed E-state index contributed by atoms with van der Waals surface area (Å²) in [5.74, 6) is -0.0944. The Kier molecular flexibility index (Phi) is 4.30. The molecule has 0 N–H and O–H groups in total. The van der Waals surface area contributed by atoms with Gasteiger partial charge in [-0.15, -0.1) is 11.3 Å². The van der Waals surface area contributed by atoms with Gasteiger partial charge in [0.25, 0.3) is 0 Å². The summed E-state index contributed by atoms with van der Waals surface area (Å²) in [5, 5.41) is 0. The lowest BCUT2D eigenvalue weighted by molar-refractivity contribution is 0.103. The Morgan fingerprint density at radius 2 is 0.931 bits per heavy atom. The van der Waals surface area contributed by atoms with Crippen LogP contribution in [0.1, 0.15) is 30.5 Å². The third-order valence-electron chi connectivity index (χ3n) is 5.13. The Labute approximate surface area is 172 Å². The zero-order valence-corrected chi connectivity index (χ0v) is 16.3. The van der Waals surface area contributed by atoms with E-state index in [1.54, 1.807) is 12.1 Å². The summed E-state index contributed by atoms with van der Waals surface area (Å²) in [6.45, 7) is 0. The van der Waals surface area contributed by atoms with Crippen molar-refractivity contribution < 1.29 is 9.59 Å². The first kappa shape index (κ1) is 17.5.